The minimum atomic E-state index is 0.242. The third kappa shape index (κ3) is 1.89. The van der Waals surface area contributed by atoms with Gasteiger partial charge in [-0.2, -0.15) is 0 Å². The monoisotopic (exact) mass is 221 g/mol. The van der Waals surface area contributed by atoms with Crippen molar-refractivity contribution >= 4 is 11.0 Å². The minimum Gasteiger partial charge on any atom is -0.468 e. The second kappa shape index (κ2) is 4.55. The molecule has 4 nitrogen and oxygen atoms in total. The Balaban J connectivity index is 2.40. The maximum Gasteiger partial charge on any atom is 0.188 e. The molecule has 2 N–H and O–H groups in total. The van der Waals surface area contributed by atoms with Gasteiger partial charge in [-0.25, -0.2) is 0 Å². The molecular weight excluding hydrogens is 206 g/mol. The van der Waals surface area contributed by atoms with Gasteiger partial charge in [-0.05, 0) is 30.7 Å². The van der Waals surface area contributed by atoms with Gasteiger partial charge in [0, 0.05) is 12.5 Å². The zero-order chi connectivity index (χ0) is 11.5. The van der Waals surface area contributed by atoms with Crippen molar-refractivity contribution < 1.29 is 13.9 Å². The van der Waals surface area contributed by atoms with Crippen LogP contribution in [-0.4, -0.2) is 13.9 Å². The number of methoxy groups -OCH3 is 1. The first-order chi connectivity index (χ1) is 7.76. The highest BCUT2D eigenvalue weighted by Gasteiger charge is 2.09. The van der Waals surface area contributed by atoms with Crippen LogP contribution in [-0.2, 0) is 11.3 Å². The number of aryl methyl sites for hydroxylation is 1. The summed E-state index contributed by atoms with van der Waals surface area (Å²) in [7, 11) is 1.59. The average molecular weight is 221 g/mol. The Morgan fingerprint density at radius 1 is 1.38 bits per heavy atom. The maximum absolute atomic E-state index is 5.60. The number of benzene rings is 1. The van der Waals surface area contributed by atoms with Crippen LogP contribution in [0.15, 0.2) is 22.6 Å². The lowest BCUT2D eigenvalue weighted by Gasteiger charge is -2.03. The first kappa shape index (κ1) is 11.0. The van der Waals surface area contributed by atoms with Gasteiger partial charge < -0.3 is 19.6 Å². The predicted molar refractivity (Wildman–Crippen MR) is 61.3 cm³/mol. The summed E-state index contributed by atoms with van der Waals surface area (Å²) in [4.78, 5) is 0. The Kier molecular flexibility index (Phi) is 3.12. The van der Waals surface area contributed by atoms with Crippen LogP contribution >= 0.6 is 0 Å². The molecule has 0 aliphatic carbocycles. The van der Waals surface area contributed by atoms with Crippen LogP contribution in [0.3, 0.4) is 0 Å². The lowest BCUT2D eigenvalue weighted by molar-refractivity contribution is 0.0512. The second-order valence-electron chi connectivity index (χ2n) is 3.56. The summed E-state index contributed by atoms with van der Waals surface area (Å²) in [6.45, 7) is 2.65. The number of rotatable bonds is 4. The zero-order valence-corrected chi connectivity index (χ0v) is 9.45. The SMILES string of the molecule is COCOc1ccc2oc(CN)c(C)c2c1. The number of furan rings is 1. The molecule has 1 aromatic carbocycles. The van der Waals surface area contributed by atoms with Crippen LogP contribution in [0, 0.1) is 6.92 Å². The summed E-state index contributed by atoms with van der Waals surface area (Å²) < 4.78 is 15.8. The summed E-state index contributed by atoms with van der Waals surface area (Å²) >= 11 is 0. The molecule has 0 unspecified atom stereocenters. The van der Waals surface area contributed by atoms with Crippen molar-refractivity contribution in [2.75, 3.05) is 13.9 Å². The lowest BCUT2D eigenvalue weighted by atomic mass is 10.1. The first-order valence-corrected chi connectivity index (χ1v) is 5.10. The van der Waals surface area contributed by atoms with E-state index in [1.54, 1.807) is 7.11 Å². The summed E-state index contributed by atoms with van der Waals surface area (Å²) in [6.07, 6.45) is 0. The van der Waals surface area contributed by atoms with E-state index in [0.717, 1.165) is 28.0 Å². The van der Waals surface area contributed by atoms with Gasteiger partial charge in [0.1, 0.15) is 17.1 Å². The Hall–Kier alpha value is -1.52. The Morgan fingerprint density at radius 3 is 2.88 bits per heavy atom. The van der Waals surface area contributed by atoms with Crippen molar-refractivity contribution in [1.82, 2.24) is 0 Å². The summed E-state index contributed by atoms with van der Waals surface area (Å²) in [5.41, 5.74) is 7.49. The number of hydrogen-bond donors (Lipinski definition) is 1. The molecule has 2 aromatic rings. The number of hydrogen-bond acceptors (Lipinski definition) is 4. The molecule has 0 atom stereocenters. The third-order valence-corrected chi connectivity index (χ3v) is 2.54. The molecule has 0 fully saturated rings. The minimum absolute atomic E-state index is 0.242. The average Bonchev–Trinajstić information content (AvgIpc) is 2.63. The van der Waals surface area contributed by atoms with E-state index in [1.165, 1.54) is 0 Å². The molecule has 0 bridgehead atoms. The van der Waals surface area contributed by atoms with Gasteiger partial charge in [-0.15, -0.1) is 0 Å². The van der Waals surface area contributed by atoms with Gasteiger partial charge in [-0.1, -0.05) is 0 Å². The fraction of sp³-hybridized carbons (Fsp3) is 0.333. The van der Waals surface area contributed by atoms with Crippen molar-refractivity contribution in [1.29, 1.82) is 0 Å². The Morgan fingerprint density at radius 2 is 2.19 bits per heavy atom. The van der Waals surface area contributed by atoms with E-state index in [-0.39, 0.29) is 6.79 Å². The fourth-order valence-corrected chi connectivity index (χ4v) is 1.66. The molecule has 4 heteroatoms. The molecule has 0 amide bonds. The van der Waals surface area contributed by atoms with Crippen LogP contribution in [0.2, 0.25) is 0 Å². The van der Waals surface area contributed by atoms with E-state index in [0.29, 0.717) is 6.54 Å². The van der Waals surface area contributed by atoms with E-state index >= 15 is 0 Å². The van der Waals surface area contributed by atoms with Crippen molar-refractivity contribution in [3.05, 3.63) is 29.5 Å². The topological polar surface area (TPSA) is 57.6 Å². The maximum atomic E-state index is 5.60. The van der Waals surface area contributed by atoms with Crippen molar-refractivity contribution in [2.24, 2.45) is 5.73 Å². The first-order valence-electron chi connectivity index (χ1n) is 5.10. The molecule has 0 aliphatic heterocycles. The molecule has 0 spiro atoms. The van der Waals surface area contributed by atoms with E-state index in [9.17, 15) is 0 Å². The van der Waals surface area contributed by atoms with Crippen molar-refractivity contribution in [3.63, 3.8) is 0 Å². The highest BCUT2D eigenvalue weighted by Crippen LogP contribution is 2.28. The smallest absolute Gasteiger partial charge is 0.188 e. The van der Waals surface area contributed by atoms with Crippen LogP contribution < -0.4 is 10.5 Å². The van der Waals surface area contributed by atoms with Gasteiger partial charge in [0.2, 0.25) is 0 Å². The molecule has 1 aromatic heterocycles. The molecule has 0 aliphatic rings. The van der Waals surface area contributed by atoms with Crippen LogP contribution in [0.25, 0.3) is 11.0 Å². The molecule has 0 saturated heterocycles. The molecule has 0 radical (unpaired) electrons. The molecule has 86 valence electrons. The number of fused-ring (bicyclic) bond motifs is 1. The standard InChI is InChI=1S/C12H15NO3/c1-8-10-5-9(15-7-14-2)3-4-11(10)16-12(8)6-13/h3-5H,6-7,13H2,1-2H3. The van der Waals surface area contributed by atoms with Gasteiger partial charge in [0.25, 0.3) is 0 Å². The molecule has 16 heavy (non-hydrogen) atoms. The number of ether oxygens (including phenoxy) is 2. The summed E-state index contributed by atoms with van der Waals surface area (Å²) in [6, 6.07) is 5.67. The third-order valence-electron chi connectivity index (χ3n) is 2.54. The van der Waals surface area contributed by atoms with Gasteiger partial charge in [0.15, 0.2) is 6.79 Å². The Bertz CT molecular complexity index is 490. The molecule has 1 heterocycles. The van der Waals surface area contributed by atoms with Crippen LogP contribution in [0.1, 0.15) is 11.3 Å². The molecule has 0 saturated carbocycles. The lowest BCUT2D eigenvalue weighted by Crippen LogP contribution is -1.98. The Labute approximate surface area is 93.9 Å². The summed E-state index contributed by atoms with van der Waals surface area (Å²) in [5, 5.41) is 1.04. The largest absolute Gasteiger partial charge is 0.468 e. The predicted octanol–water partition coefficient (Wildman–Crippen LogP) is 2.18. The van der Waals surface area contributed by atoms with Crippen molar-refractivity contribution in [2.45, 2.75) is 13.5 Å². The normalized spacial score (nSPS) is 10.9. The van der Waals surface area contributed by atoms with E-state index < -0.39 is 0 Å². The highest BCUT2D eigenvalue weighted by atomic mass is 16.7. The van der Waals surface area contributed by atoms with Crippen LogP contribution in [0.5, 0.6) is 5.75 Å². The van der Waals surface area contributed by atoms with Crippen molar-refractivity contribution in [3.8, 4) is 5.75 Å². The van der Waals surface area contributed by atoms with Gasteiger partial charge in [-0.3, -0.25) is 0 Å². The van der Waals surface area contributed by atoms with E-state index in [4.69, 9.17) is 19.6 Å². The van der Waals surface area contributed by atoms with Crippen LogP contribution in [0.4, 0.5) is 0 Å². The highest BCUT2D eigenvalue weighted by molar-refractivity contribution is 5.83. The zero-order valence-electron chi connectivity index (χ0n) is 9.45. The summed E-state index contributed by atoms with van der Waals surface area (Å²) in [5.74, 6) is 1.58. The molecular formula is C12H15NO3. The number of nitrogens with two attached hydrogens (primary N) is 1. The fourth-order valence-electron chi connectivity index (χ4n) is 1.66. The second-order valence-corrected chi connectivity index (χ2v) is 3.56. The molecule has 2 rings (SSSR count). The van der Waals surface area contributed by atoms with E-state index in [1.807, 2.05) is 25.1 Å². The van der Waals surface area contributed by atoms with Gasteiger partial charge in [0.05, 0.1) is 6.54 Å². The van der Waals surface area contributed by atoms with Gasteiger partial charge >= 0.3 is 0 Å². The quantitative estimate of drug-likeness (QED) is 0.804. The van der Waals surface area contributed by atoms with E-state index in [2.05, 4.69) is 0 Å².